The van der Waals surface area contributed by atoms with Crippen LogP contribution in [0.15, 0.2) is 6.33 Å². The Kier molecular flexibility index (Phi) is 4.50. The summed E-state index contributed by atoms with van der Waals surface area (Å²) < 4.78 is 6.31. The number of carbonyl (C=O) groups is 1. The molecule has 4 rings (SSSR count). The number of rotatable bonds is 5. The topological polar surface area (TPSA) is 64.1 Å². The van der Waals surface area contributed by atoms with Gasteiger partial charge in [-0.2, -0.15) is 0 Å². The summed E-state index contributed by atoms with van der Waals surface area (Å²) in [7, 11) is 2.03. The molecule has 5 nitrogen and oxygen atoms in total. The maximum absolute atomic E-state index is 11.0. The standard InChI is InChI=1S/C18H23N3O2S/c1-19-12-3-5-13(6-4-12)23-17-16-15-11(8-9-22)2-7-14(15)24-18(16)21-10-20-17/h9-13,19H,2-8H2,1H3/t11-,12?,13?/m1/s1. The van der Waals surface area contributed by atoms with Gasteiger partial charge in [-0.05, 0) is 57.1 Å². The Morgan fingerprint density at radius 3 is 2.88 bits per heavy atom. The van der Waals surface area contributed by atoms with E-state index >= 15 is 0 Å². The fourth-order valence-electron chi connectivity index (χ4n) is 4.11. The van der Waals surface area contributed by atoms with Crippen molar-refractivity contribution in [2.24, 2.45) is 0 Å². The number of thiophene rings is 1. The number of carbonyl (C=O) groups excluding carboxylic acids is 1. The molecule has 2 aromatic heterocycles. The first-order chi connectivity index (χ1) is 11.8. The summed E-state index contributed by atoms with van der Waals surface area (Å²) in [6.45, 7) is 0. The molecule has 128 valence electrons. The largest absolute Gasteiger partial charge is 0.474 e. The van der Waals surface area contributed by atoms with Gasteiger partial charge in [0.1, 0.15) is 23.5 Å². The number of nitrogens with one attached hydrogen (secondary N) is 1. The van der Waals surface area contributed by atoms with Gasteiger partial charge in [0.2, 0.25) is 5.88 Å². The molecule has 0 radical (unpaired) electrons. The molecule has 2 aliphatic carbocycles. The smallest absolute Gasteiger partial charge is 0.225 e. The third kappa shape index (κ3) is 2.82. The molecule has 24 heavy (non-hydrogen) atoms. The normalized spacial score (nSPS) is 26.5. The Morgan fingerprint density at radius 2 is 2.12 bits per heavy atom. The van der Waals surface area contributed by atoms with Crippen LogP contribution >= 0.6 is 11.3 Å². The van der Waals surface area contributed by atoms with E-state index in [1.165, 1.54) is 10.4 Å². The fraction of sp³-hybridized carbons (Fsp3) is 0.611. The summed E-state index contributed by atoms with van der Waals surface area (Å²) >= 11 is 1.74. The van der Waals surface area contributed by atoms with Crippen LogP contribution < -0.4 is 10.1 Å². The van der Waals surface area contributed by atoms with E-state index in [2.05, 4.69) is 15.3 Å². The minimum absolute atomic E-state index is 0.231. The van der Waals surface area contributed by atoms with E-state index < -0.39 is 0 Å². The first-order valence-electron chi connectivity index (χ1n) is 8.84. The van der Waals surface area contributed by atoms with Crippen molar-refractivity contribution < 1.29 is 9.53 Å². The summed E-state index contributed by atoms with van der Waals surface area (Å²) in [6, 6.07) is 0.609. The van der Waals surface area contributed by atoms with Gasteiger partial charge < -0.3 is 14.8 Å². The van der Waals surface area contributed by atoms with Gasteiger partial charge in [0.05, 0.1) is 5.39 Å². The van der Waals surface area contributed by atoms with Crippen molar-refractivity contribution in [3.63, 3.8) is 0 Å². The zero-order valence-corrected chi connectivity index (χ0v) is 14.8. The fourth-order valence-corrected chi connectivity index (χ4v) is 5.34. The van der Waals surface area contributed by atoms with Gasteiger partial charge in [0.15, 0.2) is 0 Å². The SMILES string of the molecule is CNC1CCC(Oc2ncnc3sc4c(c23)[C@@H](CC=O)CC4)CC1. The predicted molar refractivity (Wildman–Crippen MR) is 94.9 cm³/mol. The quantitative estimate of drug-likeness (QED) is 0.843. The summed E-state index contributed by atoms with van der Waals surface area (Å²) in [6.07, 6.45) is 9.95. The van der Waals surface area contributed by atoms with Crippen LogP contribution in [0.3, 0.4) is 0 Å². The number of aromatic nitrogens is 2. The molecular weight excluding hydrogens is 322 g/mol. The zero-order chi connectivity index (χ0) is 16.5. The van der Waals surface area contributed by atoms with Crippen molar-refractivity contribution in [2.45, 2.75) is 63.0 Å². The lowest BCUT2D eigenvalue weighted by atomic mass is 9.93. The van der Waals surface area contributed by atoms with Gasteiger partial charge in [-0.3, -0.25) is 0 Å². The van der Waals surface area contributed by atoms with Crippen molar-refractivity contribution in [1.29, 1.82) is 0 Å². The lowest BCUT2D eigenvalue weighted by molar-refractivity contribution is -0.108. The Bertz CT molecular complexity index is 737. The van der Waals surface area contributed by atoms with Crippen LogP contribution in [-0.4, -0.2) is 35.4 Å². The molecule has 2 aliphatic rings. The van der Waals surface area contributed by atoms with Crippen LogP contribution in [0.25, 0.3) is 10.2 Å². The molecule has 0 bridgehead atoms. The molecule has 2 heterocycles. The highest BCUT2D eigenvalue weighted by Gasteiger charge is 2.31. The second kappa shape index (κ2) is 6.76. The highest BCUT2D eigenvalue weighted by Crippen LogP contribution is 2.47. The van der Waals surface area contributed by atoms with Gasteiger partial charge in [-0.1, -0.05) is 0 Å². The molecular formula is C18H23N3O2S. The lowest BCUT2D eigenvalue weighted by Crippen LogP contribution is -2.34. The number of hydrogen-bond donors (Lipinski definition) is 1. The van der Waals surface area contributed by atoms with Crippen molar-refractivity contribution in [3.05, 3.63) is 16.8 Å². The van der Waals surface area contributed by atoms with Crippen LogP contribution in [-0.2, 0) is 11.2 Å². The molecule has 1 atom stereocenters. The van der Waals surface area contributed by atoms with Gasteiger partial charge in [-0.25, -0.2) is 9.97 Å². The molecule has 1 saturated carbocycles. The Balaban J connectivity index is 1.63. The zero-order valence-electron chi connectivity index (χ0n) is 14.0. The Labute approximate surface area is 145 Å². The van der Waals surface area contributed by atoms with Gasteiger partial charge in [0.25, 0.3) is 0 Å². The number of fused-ring (bicyclic) bond motifs is 3. The second-order valence-corrected chi connectivity index (χ2v) is 7.90. The van der Waals surface area contributed by atoms with Crippen LogP contribution in [0, 0.1) is 0 Å². The van der Waals surface area contributed by atoms with Crippen molar-refractivity contribution >= 4 is 27.8 Å². The second-order valence-electron chi connectivity index (χ2n) is 6.82. The predicted octanol–water partition coefficient (Wildman–Crippen LogP) is 3.22. The van der Waals surface area contributed by atoms with Crippen molar-refractivity contribution in [1.82, 2.24) is 15.3 Å². The average molecular weight is 345 g/mol. The van der Waals surface area contributed by atoms with E-state index in [1.807, 2.05) is 7.05 Å². The first kappa shape index (κ1) is 16.0. The molecule has 2 aromatic rings. The van der Waals surface area contributed by atoms with Gasteiger partial charge >= 0.3 is 0 Å². The monoisotopic (exact) mass is 345 g/mol. The minimum atomic E-state index is 0.231. The first-order valence-corrected chi connectivity index (χ1v) is 9.65. The van der Waals surface area contributed by atoms with Crippen LogP contribution in [0.2, 0.25) is 0 Å². The van der Waals surface area contributed by atoms with Crippen LogP contribution in [0.4, 0.5) is 0 Å². The molecule has 0 spiro atoms. The third-order valence-corrected chi connectivity index (χ3v) is 6.61. The number of hydrogen-bond acceptors (Lipinski definition) is 6. The van der Waals surface area contributed by atoms with E-state index in [1.54, 1.807) is 17.7 Å². The summed E-state index contributed by atoms with van der Waals surface area (Å²) in [5.41, 5.74) is 1.28. The summed E-state index contributed by atoms with van der Waals surface area (Å²) in [5, 5.41) is 4.42. The minimum Gasteiger partial charge on any atom is -0.474 e. The summed E-state index contributed by atoms with van der Waals surface area (Å²) in [5.74, 6) is 1.03. The van der Waals surface area contributed by atoms with Crippen LogP contribution in [0.1, 0.15) is 54.9 Å². The number of aldehydes is 1. The van der Waals surface area contributed by atoms with E-state index in [0.717, 1.165) is 60.9 Å². The molecule has 0 unspecified atom stereocenters. The molecule has 0 saturated heterocycles. The van der Waals surface area contributed by atoms with Gasteiger partial charge in [0, 0.05) is 17.3 Å². The average Bonchev–Trinajstić information content (AvgIpc) is 3.16. The van der Waals surface area contributed by atoms with Gasteiger partial charge in [-0.15, -0.1) is 11.3 Å². The molecule has 6 heteroatoms. The Morgan fingerprint density at radius 1 is 1.29 bits per heavy atom. The lowest BCUT2D eigenvalue weighted by Gasteiger charge is -2.28. The molecule has 0 aliphatic heterocycles. The van der Waals surface area contributed by atoms with E-state index in [9.17, 15) is 4.79 Å². The molecule has 0 aromatic carbocycles. The van der Waals surface area contributed by atoms with E-state index in [4.69, 9.17) is 4.74 Å². The number of nitrogens with zero attached hydrogens (tertiary/aromatic N) is 2. The van der Waals surface area contributed by atoms with Crippen molar-refractivity contribution in [3.8, 4) is 5.88 Å². The van der Waals surface area contributed by atoms with E-state index in [-0.39, 0.29) is 6.10 Å². The summed E-state index contributed by atoms with van der Waals surface area (Å²) in [4.78, 5) is 22.3. The highest BCUT2D eigenvalue weighted by atomic mass is 32.1. The third-order valence-electron chi connectivity index (χ3n) is 5.44. The highest BCUT2D eigenvalue weighted by molar-refractivity contribution is 7.19. The Hall–Kier alpha value is -1.53. The van der Waals surface area contributed by atoms with Crippen molar-refractivity contribution in [2.75, 3.05) is 7.05 Å². The van der Waals surface area contributed by atoms with E-state index in [0.29, 0.717) is 18.4 Å². The number of aryl methyl sites for hydroxylation is 1. The number of ether oxygens (including phenoxy) is 1. The molecule has 1 fully saturated rings. The maximum Gasteiger partial charge on any atom is 0.225 e. The molecule has 1 N–H and O–H groups in total. The van der Waals surface area contributed by atoms with Crippen LogP contribution in [0.5, 0.6) is 5.88 Å². The maximum atomic E-state index is 11.0. The molecule has 0 amide bonds.